The number of amides is 2. The molecule has 0 aliphatic carbocycles. The van der Waals surface area contributed by atoms with Crippen molar-refractivity contribution < 1.29 is 27.5 Å². The third kappa shape index (κ3) is 5.06. The SMILES string of the molecule is CC(=O)N1c2ccc(-c3cc(Cl)cc(S(C)(=O)=O)c3)cc2N(C(=O)OC2CCOCC2)CC1C. The summed E-state index contributed by atoms with van der Waals surface area (Å²) in [6, 6.07) is 9.67. The third-order valence-electron chi connectivity index (χ3n) is 6.04. The van der Waals surface area contributed by atoms with Crippen LogP contribution in [-0.2, 0) is 24.1 Å². The molecule has 1 saturated heterocycles. The normalized spacial score (nSPS) is 19.0. The average molecular weight is 507 g/mol. The first-order valence-electron chi connectivity index (χ1n) is 11.1. The van der Waals surface area contributed by atoms with E-state index in [-0.39, 0.29) is 34.5 Å². The molecule has 1 fully saturated rings. The van der Waals surface area contributed by atoms with Crippen LogP contribution in [0.15, 0.2) is 41.3 Å². The summed E-state index contributed by atoms with van der Waals surface area (Å²) in [5.74, 6) is -0.138. The second-order valence-corrected chi connectivity index (χ2v) is 11.1. The van der Waals surface area contributed by atoms with E-state index in [9.17, 15) is 18.0 Å². The number of anilines is 2. The summed E-state index contributed by atoms with van der Waals surface area (Å²) in [4.78, 5) is 28.9. The van der Waals surface area contributed by atoms with Crippen molar-refractivity contribution in [3.8, 4) is 11.1 Å². The molecule has 2 heterocycles. The topological polar surface area (TPSA) is 93.2 Å². The lowest BCUT2D eigenvalue weighted by Crippen LogP contribution is -2.52. The Morgan fingerprint density at radius 1 is 1.06 bits per heavy atom. The van der Waals surface area contributed by atoms with Gasteiger partial charge in [-0.2, -0.15) is 0 Å². The van der Waals surface area contributed by atoms with E-state index in [0.717, 1.165) is 6.26 Å². The average Bonchev–Trinajstić information content (AvgIpc) is 2.77. The van der Waals surface area contributed by atoms with Crippen molar-refractivity contribution in [3.63, 3.8) is 0 Å². The van der Waals surface area contributed by atoms with E-state index >= 15 is 0 Å². The number of hydrogen-bond acceptors (Lipinski definition) is 6. The van der Waals surface area contributed by atoms with E-state index in [1.165, 1.54) is 13.0 Å². The Morgan fingerprint density at radius 2 is 1.76 bits per heavy atom. The van der Waals surface area contributed by atoms with Crippen molar-refractivity contribution in [1.82, 2.24) is 0 Å². The Kier molecular flexibility index (Phi) is 6.89. The fraction of sp³-hybridized carbons (Fsp3) is 0.417. The molecule has 0 bridgehead atoms. The van der Waals surface area contributed by atoms with Crippen LogP contribution in [0.2, 0.25) is 5.02 Å². The van der Waals surface area contributed by atoms with Gasteiger partial charge in [0.05, 0.1) is 35.5 Å². The molecule has 34 heavy (non-hydrogen) atoms. The molecule has 2 aromatic carbocycles. The Hall–Kier alpha value is -2.62. The van der Waals surface area contributed by atoms with Crippen LogP contribution in [-0.4, -0.2) is 58.6 Å². The van der Waals surface area contributed by atoms with Gasteiger partial charge in [0.15, 0.2) is 9.84 Å². The number of rotatable bonds is 3. The number of carbonyl (C=O) groups is 2. The van der Waals surface area contributed by atoms with Gasteiger partial charge in [-0.15, -0.1) is 0 Å². The van der Waals surface area contributed by atoms with Gasteiger partial charge in [0.1, 0.15) is 6.10 Å². The summed E-state index contributed by atoms with van der Waals surface area (Å²) in [6.07, 6.45) is 1.69. The molecule has 2 amide bonds. The van der Waals surface area contributed by atoms with Crippen molar-refractivity contribution in [2.45, 2.75) is 43.7 Å². The number of halogens is 1. The summed E-state index contributed by atoms with van der Waals surface area (Å²) in [6.45, 7) is 4.72. The van der Waals surface area contributed by atoms with Crippen molar-refractivity contribution in [3.05, 3.63) is 41.4 Å². The minimum absolute atomic E-state index is 0.0995. The predicted molar refractivity (Wildman–Crippen MR) is 130 cm³/mol. The number of hydrogen-bond donors (Lipinski definition) is 0. The standard InChI is InChI=1S/C24H27ClN2O6S/c1-15-14-26(24(29)33-20-6-8-32-9-7-20)23-12-17(4-5-22(23)27(15)16(2)28)18-10-19(25)13-21(11-18)34(3,30)31/h4-5,10-13,15,20H,6-9,14H2,1-3H3. The van der Waals surface area contributed by atoms with Gasteiger partial charge >= 0.3 is 6.09 Å². The lowest BCUT2D eigenvalue weighted by molar-refractivity contribution is -0.117. The summed E-state index contributed by atoms with van der Waals surface area (Å²) < 4.78 is 35.3. The maximum atomic E-state index is 13.2. The van der Waals surface area contributed by atoms with Gasteiger partial charge in [-0.25, -0.2) is 13.2 Å². The van der Waals surface area contributed by atoms with Gasteiger partial charge < -0.3 is 14.4 Å². The molecule has 0 N–H and O–H groups in total. The molecule has 0 aromatic heterocycles. The molecule has 1 atom stereocenters. The minimum Gasteiger partial charge on any atom is -0.446 e. The van der Waals surface area contributed by atoms with Gasteiger partial charge in [-0.1, -0.05) is 17.7 Å². The van der Waals surface area contributed by atoms with E-state index in [0.29, 0.717) is 48.6 Å². The van der Waals surface area contributed by atoms with Gasteiger partial charge in [0.2, 0.25) is 5.91 Å². The fourth-order valence-electron chi connectivity index (χ4n) is 4.40. The zero-order chi connectivity index (χ0) is 24.6. The van der Waals surface area contributed by atoms with E-state index in [4.69, 9.17) is 21.1 Å². The summed E-state index contributed by atoms with van der Waals surface area (Å²) in [5, 5.41) is 0.283. The van der Waals surface area contributed by atoms with Crippen LogP contribution in [0.4, 0.5) is 16.2 Å². The summed E-state index contributed by atoms with van der Waals surface area (Å²) >= 11 is 6.21. The Bertz CT molecular complexity index is 1230. The molecule has 2 aliphatic rings. The number of ether oxygens (including phenoxy) is 2. The summed E-state index contributed by atoms with van der Waals surface area (Å²) in [5.41, 5.74) is 2.35. The first-order valence-corrected chi connectivity index (χ1v) is 13.3. The molecule has 182 valence electrons. The van der Waals surface area contributed by atoms with Crippen molar-refractivity contribution >= 4 is 44.8 Å². The summed E-state index contributed by atoms with van der Waals surface area (Å²) in [7, 11) is -3.47. The highest BCUT2D eigenvalue weighted by molar-refractivity contribution is 7.90. The predicted octanol–water partition coefficient (Wildman–Crippen LogP) is 4.29. The molecular formula is C24H27ClN2O6S. The largest absolute Gasteiger partial charge is 0.446 e. The number of benzene rings is 2. The van der Waals surface area contributed by atoms with Crippen molar-refractivity contribution in [1.29, 1.82) is 0 Å². The highest BCUT2D eigenvalue weighted by Crippen LogP contribution is 2.40. The molecule has 8 nitrogen and oxygen atoms in total. The lowest BCUT2D eigenvalue weighted by Gasteiger charge is -2.41. The molecule has 4 rings (SSSR count). The van der Waals surface area contributed by atoms with Crippen LogP contribution in [0.25, 0.3) is 11.1 Å². The van der Waals surface area contributed by atoms with E-state index in [1.54, 1.807) is 40.1 Å². The maximum absolute atomic E-state index is 13.2. The molecule has 10 heteroatoms. The number of nitrogens with zero attached hydrogens (tertiary/aromatic N) is 2. The zero-order valence-corrected chi connectivity index (χ0v) is 20.9. The van der Waals surface area contributed by atoms with Crippen LogP contribution >= 0.6 is 11.6 Å². The quantitative estimate of drug-likeness (QED) is 0.616. The van der Waals surface area contributed by atoms with E-state index < -0.39 is 15.9 Å². The molecule has 0 spiro atoms. The molecule has 0 radical (unpaired) electrons. The molecule has 1 unspecified atom stereocenters. The minimum atomic E-state index is -3.47. The molecule has 2 aliphatic heterocycles. The van der Waals surface area contributed by atoms with Crippen LogP contribution in [0.5, 0.6) is 0 Å². The lowest BCUT2D eigenvalue weighted by atomic mass is 10.0. The maximum Gasteiger partial charge on any atom is 0.414 e. The molecule has 2 aromatic rings. The number of sulfone groups is 1. The van der Waals surface area contributed by atoms with Crippen LogP contribution in [0.1, 0.15) is 26.7 Å². The number of carbonyl (C=O) groups excluding carboxylic acids is 2. The third-order valence-corrected chi connectivity index (χ3v) is 7.35. The van der Waals surface area contributed by atoms with Crippen LogP contribution in [0.3, 0.4) is 0 Å². The fourth-order valence-corrected chi connectivity index (χ4v) is 5.38. The van der Waals surface area contributed by atoms with Crippen LogP contribution in [0, 0.1) is 0 Å². The second kappa shape index (κ2) is 9.56. The van der Waals surface area contributed by atoms with Crippen molar-refractivity contribution in [2.24, 2.45) is 0 Å². The Balaban J connectivity index is 1.77. The van der Waals surface area contributed by atoms with Crippen molar-refractivity contribution in [2.75, 3.05) is 35.8 Å². The number of fused-ring (bicyclic) bond motifs is 1. The van der Waals surface area contributed by atoms with Gasteiger partial charge in [0, 0.05) is 37.6 Å². The first kappa shape index (κ1) is 24.5. The second-order valence-electron chi connectivity index (χ2n) is 8.70. The van der Waals surface area contributed by atoms with E-state index in [1.807, 2.05) is 6.92 Å². The molecule has 0 saturated carbocycles. The zero-order valence-electron chi connectivity index (χ0n) is 19.3. The monoisotopic (exact) mass is 506 g/mol. The highest BCUT2D eigenvalue weighted by Gasteiger charge is 2.35. The Morgan fingerprint density at radius 3 is 2.41 bits per heavy atom. The van der Waals surface area contributed by atoms with Crippen LogP contribution < -0.4 is 9.80 Å². The first-order chi connectivity index (χ1) is 16.0. The van der Waals surface area contributed by atoms with E-state index in [2.05, 4.69) is 0 Å². The highest BCUT2D eigenvalue weighted by atomic mass is 35.5. The molecular weight excluding hydrogens is 480 g/mol. The Labute approximate surface area is 204 Å². The van der Waals surface area contributed by atoms with Gasteiger partial charge in [-0.05, 0) is 48.4 Å². The van der Waals surface area contributed by atoms with Gasteiger partial charge in [-0.3, -0.25) is 9.69 Å². The smallest absolute Gasteiger partial charge is 0.414 e. The van der Waals surface area contributed by atoms with Gasteiger partial charge in [0.25, 0.3) is 0 Å².